The van der Waals surface area contributed by atoms with Crippen molar-refractivity contribution in [3.05, 3.63) is 63.2 Å². The first-order valence-corrected chi connectivity index (χ1v) is 12.9. The quantitative estimate of drug-likeness (QED) is 0.398. The standard InChI is InChI=1S/C29H35ClO5/c1-5-19-6-8-21(12-19)23-15-22-18(3)10-17(2)11-24(22)29(23)35-26-9-7-20(13-25(26)30)14-27(31)34-16-28(32)33-4/h7,9-11,13,19,21,23,29H,5-6,8,12,14-16H2,1-4H3. The van der Waals surface area contributed by atoms with E-state index >= 15 is 0 Å². The van der Waals surface area contributed by atoms with Gasteiger partial charge in [-0.25, -0.2) is 4.79 Å². The fourth-order valence-corrected chi connectivity index (χ4v) is 6.12. The van der Waals surface area contributed by atoms with Crippen molar-refractivity contribution in [2.24, 2.45) is 17.8 Å². The molecule has 0 N–H and O–H groups in total. The first-order valence-electron chi connectivity index (χ1n) is 12.6. The van der Waals surface area contributed by atoms with E-state index in [4.69, 9.17) is 21.1 Å². The van der Waals surface area contributed by atoms with Crippen LogP contribution in [0.25, 0.3) is 0 Å². The lowest BCUT2D eigenvalue weighted by atomic mass is 9.85. The minimum absolute atomic E-state index is 0.0186. The molecule has 0 heterocycles. The predicted octanol–water partition coefficient (Wildman–Crippen LogP) is 6.33. The molecule has 188 valence electrons. The third-order valence-corrected chi connectivity index (χ3v) is 8.02. The minimum Gasteiger partial charge on any atom is -0.484 e. The SMILES string of the molecule is CCC1CCC(C2Cc3c(C)cc(C)cc3C2Oc2ccc(CC(=O)OCC(=O)OC)cc2Cl)C1. The number of hydrogen-bond donors (Lipinski definition) is 0. The summed E-state index contributed by atoms with van der Waals surface area (Å²) in [5, 5.41) is 0.470. The van der Waals surface area contributed by atoms with Gasteiger partial charge in [0.2, 0.25) is 0 Å². The van der Waals surface area contributed by atoms with E-state index in [2.05, 4.69) is 37.6 Å². The van der Waals surface area contributed by atoms with Crippen LogP contribution in [0.5, 0.6) is 5.75 Å². The largest absolute Gasteiger partial charge is 0.484 e. The molecule has 35 heavy (non-hydrogen) atoms. The van der Waals surface area contributed by atoms with E-state index in [0.717, 1.165) is 12.3 Å². The van der Waals surface area contributed by atoms with E-state index in [-0.39, 0.29) is 12.5 Å². The summed E-state index contributed by atoms with van der Waals surface area (Å²) in [6, 6.07) is 9.95. The van der Waals surface area contributed by atoms with Crippen molar-refractivity contribution in [3.8, 4) is 5.75 Å². The Morgan fingerprint density at radius 1 is 1.09 bits per heavy atom. The minimum atomic E-state index is -0.593. The van der Waals surface area contributed by atoms with Gasteiger partial charge < -0.3 is 14.2 Å². The van der Waals surface area contributed by atoms with E-state index in [1.54, 1.807) is 6.07 Å². The van der Waals surface area contributed by atoms with Gasteiger partial charge in [-0.2, -0.15) is 0 Å². The predicted molar refractivity (Wildman–Crippen MR) is 136 cm³/mol. The average Bonchev–Trinajstić information content (AvgIpc) is 3.44. The van der Waals surface area contributed by atoms with Crippen molar-refractivity contribution in [2.75, 3.05) is 13.7 Å². The maximum absolute atomic E-state index is 12.0. The second-order valence-corrected chi connectivity index (χ2v) is 10.5. The van der Waals surface area contributed by atoms with E-state index in [1.807, 2.05) is 12.1 Å². The molecule has 1 saturated carbocycles. The zero-order valence-corrected chi connectivity index (χ0v) is 21.8. The van der Waals surface area contributed by atoms with E-state index < -0.39 is 18.5 Å². The summed E-state index contributed by atoms with van der Waals surface area (Å²) in [5.41, 5.74) is 6.01. The maximum atomic E-state index is 12.0. The number of ether oxygens (including phenoxy) is 3. The molecule has 0 amide bonds. The third kappa shape index (κ3) is 5.83. The van der Waals surface area contributed by atoms with Crippen molar-refractivity contribution < 1.29 is 23.8 Å². The molecule has 6 heteroatoms. The molecule has 0 radical (unpaired) electrons. The fourth-order valence-electron chi connectivity index (χ4n) is 5.88. The van der Waals surface area contributed by atoms with Crippen molar-refractivity contribution >= 4 is 23.5 Å². The Bertz CT molecular complexity index is 1090. The Balaban J connectivity index is 1.53. The summed E-state index contributed by atoms with van der Waals surface area (Å²) in [4.78, 5) is 23.2. The molecule has 2 aromatic carbocycles. The molecular formula is C29H35ClO5. The van der Waals surface area contributed by atoms with Crippen molar-refractivity contribution in [2.45, 2.75) is 65.4 Å². The van der Waals surface area contributed by atoms with Gasteiger partial charge in [0.05, 0.1) is 18.6 Å². The van der Waals surface area contributed by atoms with Gasteiger partial charge in [-0.15, -0.1) is 0 Å². The van der Waals surface area contributed by atoms with Crippen LogP contribution < -0.4 is 4.74 Å². The highest BCUT2D eigenvalue weighted by molar-refractivity contribution is 6.32. The molecule has 2 aliphatic rings. The Labute approximate surface area is 213 Å². The van der Waals surface area contributed by atoms with Crippen LogP contribution in [-0.4, -0.2) is 25.7 Å². The second-order valence-electron chi connectivity index (χ2n) is 10.1. The summed E-state index contributed by atoms with van der Waals surface area (Å²) >= 11 is 6.63. The van der Waals surface area contributed by atoms with Gasteiger partial charge in [0.15, 0.2) is 6.61 Å². The third-order valence-electron chi connectivity index (χ3n) is 7.73. The van der Waals surface area contributed by atoms with Crippen LogP contribution in [-0.2, 0) is 31.9 Å². The van der Waals surface area contributed by atoms with Crippen LogP contribution in [0.2, 0.25) is 5.02 Å². The number of fused-ring (bicyclic) bond motifs is 1. The number of rotatable bonds is 8. The fraction of sp³-hybridized carbons (Fsp3) is 0.517. The van der Waals surface area contributed by atoms with Crippen LogP contribution in [0.15, 0.2) is 30.3 Å². The molecule has 0 bridgehead atoms. The number of halogens is 1. The molecule has 4 unspecified atom stereocenters. The van der Waals surface area contributed by atoms with Crippen LogP contribution in [0.4, 0.5) is 0 Å². The zero-order chi connectivity index (χ0) is 25.1. The second kappa shape index (κ2) is 11.0. The monoisotopic (exact) mass is 498 g/mol. The van der Waals surface area contributed by atoms with Crippen LogP contribution in [0, 0.1) is 31.6 Å². The number of carbonyl (C=O) groups is 2. The number of aryl methyl sites for hydroxylation is 2. The number of hydrogen-bond acceptors (Lipinski definition) is 5. The van der Waals surface area contributed by atoms with Gasteiger partial charge in [0, 0.05) is 5.92 Å². The van der Waals surface area contributed by atoms with Crippen molar-refractivity contribution in [1.82, 2.24) is 0 Å². The molecular weight excluding hydrogens is 464 g/mol. The molecule has 2 aromatic rings. The van der Waals surface area contributed by atoms with Crippen molar-refractivity contribution in [1.29, 1.82) is 0 Å². The Hall–Kier alpha value is -2.53. The Kier molecular flexibility index (Phi) is 8.05. The van der Waals surface area contributed by atoms with Gasteiger partial charge in [-0.05, 0) is 79.3 Å². The summed E-state index contributed by atoms with van der Waals surface area (Å²) in [6.07, 6.45) is 6.12. The topological polar surface area (TPSA) is 61.8 Å². The molecule has 0 saturated heterocycles. The Morgan fingerprint density at radius 2 is 1.89 bits per heavy atom. The maximum Gasteiger partial charge on any atom is 0.344 e. The highest BCUT2D eigenvalue weighted by Crippen LogP contribution is 2.50. The molecule has 0 spiro atoms. The molecule has 4 atom stereocenters. The molecule has 1 fully saturated rings. The number of benzene rings is 2. The molecule has 2 aliphatic carbocycles. The molecule has 0 aromatic heterocycles. The highest BCUT2D eigenvalue weighted by atomic mass is 35.5. The summed E-state index contributed by atoms with van der Waals surface area (Å²) < 4.78 is 16.1. The molecule has 0 aliphatic heterocycles. The van der Waals surface area contributed by atoms with Crippen molar-refractivity contribution in [3.63, 3.8) is 0 Å². The lowest BCUT2D eigenvalue weighted by molar-refractivity contribution is -0.156. The van der Waals surface area contributed by atoms with Crippen LogP contribution in [0.3, 0.4) is 0 Å². The summed E-state index contributed by atoms with van der Waals surface area (Å²) in [5.74, 6) is 1.43. The van der Waals surface area contributed by atoms with Crippen LogP contribution >= 0.6 is 11.6 Å². The Morgan fingerprint density at radius 3 is 2.57 bits per heavy atom. The van der Waals surface area contributed by atoms with Gasteiger partial charge in [-0.1, -0.05) is 55.1 Å². The number of carbonyl (C=O) groups excluding carboxylic acids is 2. The van der Waals surface area contributed by atoms with E-state index in [1.165, 1.54) is 55.0 Å². The van der Waals surface area contributed by atoms with E-state index in [9.17, 15) is 9.59 Å². The lowest BCUT2D eigenvalue weighted by Gasteiger charge is -2.28. The van der Waals surface area contributed by atoms with E-state index in [0.29, 0.717) is 28.2 Å². The van der Waals surface area contributed by atoms with Gasteiger partial charge in [-0.3, -0.25) is 4.79 Å². The summed E-state index contributed by atoms with van der Waals surface area (Å²) in [7, 11) is 1.25. The van der Waals surface area contributed by atoms with Gasteiger partial charge >= 0.3 is 11.9 Å². The van der Waals surface area contributed by atoms with Gasteiger partial charge in [0.25, 0.3) is 0 Å². The molecule has 5 nitrogen and oxygen atoms in total. The highest BCUT2D eigenvalue weighted by Gasteiger charge is 2.42. The number of methoxy groups -OCH3 is 1. The first kappa shape index (κ1) is 25.6. The molecule has 4 rings (SSSR count). The summed E-state index contributed by atoms with van der Waals surface area (Å²) in [6.45, 7) is 6.24. The van der Waals surface area contributed by atoms with Crippen LogP contribution in [0.1, 0.15) is 66.5 Å². The number of esters is 2. The first-order chi connectivity index (χ1) is 16.8. The normalized spacial score (nSPS) is 23.1. The average molecular weight is 499 g/mol. The van der Waals surface area contributed by atoms with Gasteiger partial charge in [0.1, 0.15) is 11.9 Å². The zero-order valence-electron chi connectivity index (χ0n) is 21.1. The smallest absolute Gasteiger partial charge is 0.344 e. The lowest BCUT2D eigenvalue weighted by Crippen LogP contribution is -2.22.